The van der Waals surface area contributed by atoms with E-state index >= 15 is 0 Å². The normalized spacial score (nSPS) is 17.0. The van der Waals surface area contributed by atoms with Gasteiger partial charge in [0.2, 0.25) is 0 Å². The van der Waals surface area contributed by atoms with Crippen LogP contribution >= 0.6 is 11.3 Å². The molecule has 0 saturated carbocycles. The second kappa shape index (κ2) is 7.77. The third-order valence-corrected chi connectivity index (χ3v) is 8.30. The Morgan fingerprint density at radius 1 is 0.676 bits per heavy atom. The molecular weight excluding hydrogens is 437 g/mol. The first kappa shape index (κ1) is 21.5. The van der Waals surface area contributed by atoms with Crippen molar-refractivity contribution >= 4 is 44.1 Å². The molecule has 168 valence electrons. The molecule has 1 aliphatic heterocycles. The van der Waals surface area contributed by atoms with Gasteiger partial charge in [0.05, 0.1) is 16.9 Å². The third kappa shape index (κ3) is 3.56. The topological polar surface area (TPSA) is 31.4 Å². The van der Waals surface area contributed by atoms with Gasteiger partial charge in [-0.1, -0.05) is 42.5 Å². The van der Waals surface area contributed by atoms with E-state index in [0.717, 1.165) is 22.3 Å². The Morgan fingerprint density at radius 3 is 2.15 bits per heavy atom. The van der Waals surface area contributed by atoms with Crippen molar-refractivity contribution in [3.05, 3.63) is 85.1 Å². The number of fused-ring (bicyclic) bond motifs is 3. The van der Waals surface area contributed by atoms with E-state index in [0.29, 0.717) is 0 Å². The van der Waals surface area contributed by atoms with Crippen LogP contribution < -0.4 is 5.46 Å². The van der Waals surface area contributed by atoms with E-state index in [2.05, 4.69) is 93.3 Å². The zero-order valence-electron chi connectivity index (χ0n) is 19.8. The molecule has 3 nitrogen and oxygen atoms in total. The van der Waals surface area contributed by atoms with Gasteiger partial charge >= 0.3 is 7.12 Å². The molecule has 1 aliphatic rings. The van der Waals surface area contributed by atoms with Crippen LogP contribution in [0, 0.1) is 0 Å². The van der Waals surface area contributed by atoms with Crippen molar-refractivity contribution in [1.29, 1.82) is 0 Å². The molecule has 3 heterocycles. The lowest BCUT2D eigenvalue weighted by Crippen LogP contribution is -2.41. The highest BCUT2D eigenvalue weighted by Gasteiger charge is 2.51. The Kier molecular flexibility index (Phi) is 4.92. The lowest BCUT2D eigenvalue weighted by atomic mass is 9.76. The zero-order valence-corrected chi connectivity index (χ0v) is 20.6. The quantitative estimate of drug-likeness (QED) is 0.268. The van der Waals surface area contributed by atoms with Gasteiger partial charge in [0.15, 0.2) is 0 Å². The molecule has 0 N–H and O–H groups in total. The van der Waals surface area contributed by atoms with Crippen LogP contribution in [-0.4, -0.2) is 23.3 Å². The lowest BCUT2D eigenvalue weighted by molar-refractivity contribution is 0.00578. The molecule has 0 spiro atoms. The standard InChI is InChI=1S/C29H26BNO2S/c1-28(2)29(3,4)33-30(32-28)22-16-20(15-21(17-22)25-10-7-8-14-31-25)19-12-13-27-24(18-19)23-9-5-6-11-26(23)34-27/h5-18H,1-4H3. The van der Waals surface area contributed by atoms with Crippen molar-refractivity contribution in [3.63, 3.8) is 0 Å². The molecule has 0 atom stereocenters. The minimum atomic E-state index is -0.432. The maximum atomic E-state index is 6.41. The maximum Gasteiger partial charge on any atom is 0.494 e. The molecule has 5 heteroatoms. The highest BCUT2D eigenvalue weighted by Crippen LogP contribution is 2.39. The summed E-state index contributed by atoms with van der Waals surface area (Å²) in [6.45, 7) is 8.36. The van der Waals surface area contributed by atoms with Gasteiger partial charge in [0.1, 0.15) is 0 Å². The summed E-state index contributed by atoms with van der Waals surface area (Å²) in [5, 5.41) is 2.59. The average Bonchev–Trinajstić information content (AvgIpc) is 3.32. The van der Waals surface area contributed by atoms with Gasteiger partial charge in [-0.25, -0.2) is 0 Å². The lowest BCUT2D eigenvalue weighted by Gasteiger charge is -2.32. The van der Waals surface area contributed by atoms with E-state index in [4.69, 9.17) is 9.31 Å². The predicted molar refractivity (Wildman–Crippen MR) is 144 cm³/mol. The number of hydrogen-bond acceptors (Lipinski definition) is 4. The summed E-state index contributed by atoms with van der Waals surface area (Å²) in [4.78, 5) is 4.61. The smallest absolute Gasteiger partial charge is 0.399 e. The number of nitrogens with zero attached hydrogens (tertiary/aromatic N) is 1. The van der Waals surface area contributed by atoms with Crippen molar-refractivity contribution in [2.75, 3.05) is 0 Å². The molecule has 0 aliphatic carbocycles. The molecule has 0 amide bonds. The predicted octanol–water partition coefficient (Wildman–Crippen LogP) is 7.08. The third-order valence-electron chi connectivity index (χ3n) is 7.15. The van der Waals surface area contributed by atoms with Gasteiger partial charge < -0.3 is 9.31 Å². The van der Waals surface area contributed by atoms with Crippen LogP contribution in [0.4, 0.5) is 0 Å². The fraction of sp³-hybridized carbons (Fsp3) is 0.207. The second-order valence-electron chi connectivity index (χ2n) is 9.96. The summed E-state index contributed by atoms with van der Waals surface area (Å²) in [5.41, 5.74) is 4.51. The number of aromatic nitrogens is 1. The number of rotatable bonds is 3. The van der Waals surface area contributed by atoms with Crippen molar-refractivity contribution in [1.82, 2.24) is 4.98 Å². The first-order chi connectivity index (χ1) is 16.3. The van der Waals surface area contributed by atoms with Gasteiger partial charge in [-0.2, -0.15) is 0 Å². The highest BCUT2D eigenvalue weighted by atomic mass is 32.1. The fourth-order valence-corrected chi connectivity index (χ4v) is 5.61. The molecule has 0 bridgehead atoms. The molecule has 34 heavy (non-hydrogen) atoms. The molecular formula is C29H26BNO2S. The van der Waals surface area contributed by atoms with E-state index in [-0.39, 0.29) is 0 Å². The van der Waals surface area contributed by atoms with E-state index in [9.17, 15) is 0 Å². The molecule has 2 aromatic heterocycles. The Bertz CT molecular complexity index is 1510. The summed E-state index contributed by atoms with van der Waals surface area (Å²) in [7, 11) is -0.432. The molecule has 5 aromatic rings. The van der Waals surface area contributed by atoms with E-state index < -0.39 is 18.3 Å². The number of thiophene rings is 1. The first-order valence-electron chi connectivity index (χ1n) is 11.6. The summed E-state index contributed by atoms with van der Waals surface area (Å²) >= 11 is 1.84. The number of hydrogen-bond donors (Lipinski definition) is 0. The Morgan fingerprint density at radius 2 is 1.38 bits per heavy atom. The van der Waals surface area contributed by atoms with Crippen LogP contribution in [0.25, 0.3) is 42.6 Å². The van der Waals surface area contributed by atoms with Gasteiger partial charge in [-0.15, -0.1) is 11.3 Å². The molecule has 1 fully saturated rings. The SMILES string of the molecule is CC1(C)OB(c2cc(-c3ccc4sc5ccccc5c4c3)cc(-c3ccccn3)c2)OC1(C)C. The molecule has 0 radical (unpaired) electrons. The average molecular weight is 463 g/mol. The molecule has 0 unspecified atom stereocenters. The van der Waals surface area contributed by atoms with Crippen molar-refractivity contribution in [2.24, 2.45) is 0 Å². The first-order valence-corrected chi connectivity index (χ1v) is 12.5. The minimum absolute atomic E-state index is 0.396. The van der Waals surface area contributed by atoms with Crippen LogP contribution in [-0.2, 0) is 9.31 Å². The van der Waals surface area contributed by atoms with Crippen LogP contribution in [0.3, 0.4) is 0 Å². The summed E-state index contributed by atoms with van der Waals surface area (Å²) in [6, 6.07) is 27.9. The van der Waals surface area contributed by atoms with Gasteiger partial charge in [0.25, 0.3) is 0 Å². The summed E-state index contributed by atoms with van der Waals surface area (Å²) in [6.07, 6.45) is 1.83. The van der Waals surface area contributed by atoms with Crippen LogP contribution in [0.5, 0.6) is 0 Å². The largest absolute Gasteiger partial charge is 0.494 e. The highest BCUT2D eigenvalue weighted by molar-refractivity contribution is 7.25. The van der Waals surface area contributed by atoms with Crippen molar-refractivity contribution in [3.8, 4) is 22.4 Å². The van der Waals surface area contributed by atoms with Crippen LogP contribution in [0.15, 0.2) is 85.1 Å². The molecule has 3 aromatic carbocycles. The number of benzene rings is 3. The number of pyridine rings is 1. The zero-order chi connectivity index (χ0) is 23.5. The van der Waals surface area contributed by atoms with E-state index in [1.54, 1.807) is 0 Å². The van der Waals surface area contributed by atoms with Gasteiger partial charge in [-0.05, 0) is 80.7 Å². The molecule has 6 rings (SSSR count). The summed E-state index contributed by atoms with van der Waals surface area (Å²) < 4.78 is 15.4. The monoisotopic (exact) mass is 463 g/mol. The van der Waals surface area contributed by atoms with Gasteiger partial charge in [0, 0.05) is 31.9 Å². The van der Waals surface area contributed by atoms with Crippen molar-refractivity contribution < 1.29 is 9.31 Å². The maximum absolute atomic E-state index is 6.41. The van der Waals surface area contributed by atoms with Crippen LogP contribution in [0.1, 0.15) is 27.7 Å². The fourth-order valence-electron chi connectivity index (χ4n) is 4.52. The second-order valence-corrected chi connectivity index (χ2v) is 11.0. The van der Waals surface area contributed by atoms with Gasteiger partial charge in [-0.3, -0.25) is 4.98 Å². The van der Waals surface area contributed by atoms with Crippen LogP contribution in [0.2, 0.25) is 0 Å². The Balaban J connectivity index is 1.52. The molecule has 1 saturated heterocycles. The van der Waals surface area contributed by atoms with E-state index in [1.807, 2.05) is 35.7 Å². The Labute approximate surface area is 204 Å². The van der Waals surface area contributed by atoms with Crippen molar-refractivity contribution in [2.45, 2.75) is 38.9 Å². The van der Waals surface area contributed by atoms with E-state index in [1.165, 1.54) is 25.7 Å². The summed E-state index contributed by atoms with van der Waals surface area (Å²) in [5.74, 6) is 0. The Hall–Kier alpha value is -2.99. The minimum Gasteiger partial charge on any atom is -0.399 e.